The Morgan fingerprint density at radius 2 is 1.55 bits per heavy atom. The molecule has 0 spiro atoms. The van der Waals surface area contributed by atoms with Gasteiger partial charge in [0, 0.05) is 0 Å². The normalized spacial score (nSPS) is 11.5. The maximum atomic E-state index is 5.47. The van der Waals surface area contributed by atoms with Crippen molar-refractivity contribution < 1.29 is 9.47 Å². The maximum absolute atomic E-state index is 5.47. The third kappa shape index (κ3) is 3.33. The van der Waals surface area contributed by atoms with Crippen molar-refractivity contribution in [3.8, 4) is 11.5 Å². The Balaban J connectivity index is 2.40. The predicted octanol–water partition coefficient (Wildman–Crippen LogP) is 5.19. The number of rotatable bonds is 4. The lowest BCUT2D eigenvalue weighted by Gasteiger charge is -2.12. The second-order valence-corrected chi connectivity index (χ2v) is 5.68. The van der Waals surface area contributed by atoms with Crippen LogP contribution in [0.3, 0.4) is 0 Å². The molecular formula is C20H24O2. The molecule has 0 heterocycles. The summed E-state index contributed by atoms with van der Waals surface area (Å²) in [4.78, 5) is 0. The third-order valence-electron chi connectivity index (χ3n) is 4.10. The average Bonchev–Trinajstić information content (AvgIpc) is 2.50. The molecule has 2 aromatic carbocycles. The third-order valence-corrected chi connectivity index (χ3v) is 4.10. The highest BCUT2D eigenvalue weighted by Gasteiger charge is 2.06. The average molecular weight is 296 g/mol. The molecule has 2 nitrogen and oxygen atoms in total. The number of ether oxygens (including phenoxy) is 2. The molecule has 0 amide bonds. The van der Waals surface area contributed by atoms with Crippen molar-refractivity contribution in [1.82, 2.24) is 0 Å². The van der Waals surface area contributed by atoms with Crippen molar-refractivity contribution in [2.45, 2.75) is 27.7 Å². The van der Waals surface area contributed by atoms with Gasteiger partial charge < -0.3 is 9.47 Å². The first kappa shape index (κ1) is 16.2. The van der Waals surface area contributed by atoms with Crippen LogP contribution in [0.4, 0.5) is 0 Å². The number of hydrogen-bond acceptors (Lipinski definition) is 2. The van der Waals surface area contributed by atoms with Crippen LogP contribution < -0.4 is 9.47 Å². The highest BCUT2D eigenvalue weighted by Crippen LogP contribution is 2.28. The Morgan fingerprint density at radius 3 is 2.14 bits per heavy atom. The zero-order chi connectivity index (χ0) is 16.3. The summed E-state index contributed by atoms with van der Waals surface area (Å²) in [5.74, 6) is 1.86. The van der Waals surface area contributed by atoms with E-state index in [0.717, 1.165) is 17.1 Å². The molecule has 0 saturated heterocycles. The summed E-state index contributed by atoms with van der Waals surface area (Å²) >= 11 is 0. The Hall–Kier alpha value is -2.22. The van der Waals surface area contributed by atoms with Gasteiger partial charge in [-0.25, -0.2) is 0 Å². The molecule has 0 atom stereocenters. The standard InChI is InChI=1S/C20H24O2/c1-13-11-18(12-20(22-6)16(13)4)14(2)9-17-7-8-19(21-5)15(3)10-17/h7-12H,1-6H3/b14-9-. The van der Waals surface area contributed by atoms with Crippen molar-refractivity contribution in [2.75, 3.05) is 14.2 Å². The zero-order valence-corrected chi connectivity index (χ0v) is 14.3. The number of hydrogen-bond donors (Lipinski definition) is 0. The van der Waals surface area contributed by atoms with Crippen molar-refractivity contribution in [1.29, 1.82) is 0 Å². The molecular weight excluding hydrogens is 272 g/mol. The van der Waals surface area contributed by atoms with Gasteiger partial charge in [-0.15, -0.1) is 0 Å². The lowest BCUT2D eigenvalue weighted by Crippen LogP contribution is -1.93. The minimum Gasteiger partial charge on any atom is -0.496 e. The first-order valence-electron chi connectivity index (χ1n) is 7.44. The van der Waals surface area contributed by atoms with E-state index in [1.165, 1.54) is 27.8 Å². The van der Waals surface area contributed by atoms with E-state index in [1.54, 1.807) is 14.2 Å². The molecule has 0 aliphatic carbocycles. The molecule has 0 aliphatic rings. The van der Waals surface area contributed by atoms with Gasteiger partial charge in [-0.05, 0) is 79.3 Å². The van der Waals surface area contributed by atoms with Gasteiger partial charge in [0.05, 0.1) is 14.2 Å². The van der Waals surface area contributed by atoms with Gasteiger partial charge in [0.15, 0.2) is 0 Å². The summed E-state index contributed by atoms with van der Waals surface area (Å²) in [6, 6.07) is 10.5. The predicted molar refractivity (Wildman–Crippen MR) is 93.7 cm³/mol. The van der Waals surface area contributed by atoms with Gasteiger partial charge in [-0.1, -0.05) is 18.2 Å². The van der Waals surface area contributed by atoms with Crippen molar-refractivity contribution in [2.24, 2.45) is 0 Å². The van der Waals surface area contributed by atoms with Crippen LogP contribution in [-0.2, 0) is 0 Å². The van der Waals surface area contributed by atoms with E-state index in [2.05, 4.69) is 58.0 Å². The molecule has 0 bridgehead atoms. The van der Waals surface area contributed by atoms with Gasteiger partial charge >= 0.3 is 0 Å². The highest BCUT2D eigenvalue weighted by molar-refractivity contribution is 5.81. The highest BCUT2D eigenvalue weighted by atomic mass is 16.5. The summed E-state index contributed by atoms with van der Waals surface area (Å²) in [6.07, 6.45) is 2.19. The molecule has 0 saturated carbocycles. The number of allylic oxidation sites excluding steroid dienone is 1. The van der Waals surface area contributed by atoms with E-state index in [-0.39, 0.29) is 0 Å². The lowest BCUT2D eigenvalue weighted by molar-refractivity contribution is 0.411. The van der Waals surface area contributed by atoms with Crippen LogP contribution in [0.15, 0.2) is 30.3 Å². The smallest absolute Gasteiger partial charge is 0.122 e. The Labute approximate surface area is 133 Å². The molecule has 2 rings (SSSR count). The van der Waals surface area contributed by atoms with E-state index in [1.807, 2.05) is 6.07 Å². The minimum atomic E-state index is 0.919. The zero-order valence-electron chi connectivity index (χ0n) is 14.3. The monoisotopic (exact) mass is 296 g/mol. The SMILES string of the molecule is COc1ccc(/C=C(/C)c2cc(C)c(C)c(OC)c2)cc1C. The lowest BCUT2D eigenvalue weighted by atomic mass is 9.98. The molecule has 0 unspecified atom stereocenters. The molecule has 0 fully saturated rings. The van der Waals surface area contributed by atoms with Crippen LogP contribution in [0.1, 0.15) is 34.7 Å². The van der Waals surface area contributed by atoms with E-state index >= 15 is 0 Å². The Kier molecular flexibility index (Phi) is 4.92. The molecule has 0 radical (unpaired) electrons. The first-order valence-corrected chi connectivity index (χ1v) is 7.44. The van der Waals surface area contributed by atoms with Crippen molar-refractivity contribution >= 4 is 11.6 Å². The molecule has 116 valence electrons. The molecule has 0 N–H and O–H groups in total. The fourth-order valence-corrected chi connectivity index (χ4v) is 2.59. The van der Waals surface area contributed by atoms with E-state index in [4.69, 9.17) is 9.47 Å². The molecule has 0 aromatic heterocycles. The summed E-state index contributed by atoms with van der Waals surface area (Å²) in [6.45, 7) is 8.39. The largest absolute Gasteiger partial charge is 0.496 e. The van der Waals surface area contributed by atoms with Gasteiger partial charge in [-0.2, -0.15) is 0 Å². The number of methoxy groups -OCH3 is 2. The van der Waals surface area contributed by atoms with Crippen molar-refractivity contribution in [3.05, 3.63) is 58.1 Å². The summed E-state index contributed by atoms with van der Waals surface area (Å²) in [7, 11) is 3.42. The van der Waals surface area contributed by atoms with Crippen LogP contribution in [0.25, 0.3) is 11.6 Å². The number of aryl methyl sites for hydroxylation is 2. The molecule has 0 aliphatic heterocycles. The second kappa shape index (κ2) is 6.69. The van der Waals surface area contributed by atoms with Gasteiger partial charge in [0.25, 0.3) is 0 Å². The second-order valence-electron chi connectivity index (χ2n) is 5.68. The maximum Gasteiger partial charge on any atom is 0.122 e. The fourth-order valence-electron chi connectivity index (χ4n) is 2.59. The van der Waals surface area contributed by atoms with Crippen molar-refractivity contribution in [3.63, 3.8) is 0 Å². The van der Waals surface area contributed by atoms with Gasteiger partial charge in [0.1, 0.15) is 11.5 Å². The van der Waals surface area contributed by atoms with Crippen LogP contribution >= 0.6 is 0 Å². The van der Waals surface area contributed by atoms with Gasteiger partial charge in [-0.3, -0.25) is 0 Å². The first-order chi connectivity index (χ1) is 10.5. The summed E-state index contributed by atoms with van der Waals surface area (Å²) in [5, 5.41) is 0. The van der Waals surface area contributed by atoms with E-state index < -0.39 is 0 Å². The Bertz CT molecular complexity index is 712. The van der Waals surface area contributed by atoms with Crippen LogP contribution in [0, 0.1) is 20.8 Å². The van der Waals surface area contributed by atoms with E-state index in [0.29, 0.717) is 0 Å². The minimum absolute atomic E-state index is 0.919. The quantitative estimate of drug-likeness (QED) is 0.723. The molecule has 2 aromatic rings. The Morgan fingerprint density at radius 1 is 0.864 bits per heavy atom. The van der Waals surface area contributed by atoms with Crippen LogP contribution in [0.2, 0.25) is 0 Å². The van der Waals surface area contributed by atoms with E-state index in [9.17, 15) is 0 Å². The van der Waals surface area contributed by atoms with Crippen LogP contribution in [-0.4, -0.2) is 14.2 Å². The number of benzene rings is 2. The van der Waals surface area contributed by atoms with Gasteiger partial charge in [0.2, 0.25) is 0 Å². The topological polar surface area (TPSA) is 18.5 Å². The molecule has 2 heteroatoms. The summed E-state index contributed by atoms with van der Waals surface area (Å²) in [5.41, 5.74) is 7.15. The summed E-state index contributed by atoms with van der Waals surface area (Å²) < 4.78 is 10.8. The molecule has 22 heavy (non-hydrogen) atoms. The fraction of sp³-hybridized carbons (Fsp3) is 0.300. The van der Waals surface area contributed by atoms with Crippen LogP contribution in [0.5, 0.6) is 11.5 Å².